The Kier molecular flexibility index (Phi) is 3.49. The monoisotopic (exact) mass is 221 g/mol. The molecule has 0 heterocycles. The Bertz CT molecular complexity index is 307. The summed E-state index contributed by atoms with van der Waals surface area (Å²) in [5, 5.41) is -0.217. The second kappa shape index (κ2) is 4.27. The number of hydrogen-bond donors (Lipinski definition) is 0. The zero-order valence-corrected chi connectivity index (χ0v) is 9.21. The average molecular weight is 221 g/mol. The van der Waals surface area contributed by atoms with Crippen LogP contribution < -0.4 is 0 Å². The molecule has 0 aromatic rings. The van der Waals surface area contributed by atoms with Crippen molar-refractivity contribution in [2.45, 2.75) is 24.5 Å². The van der Waals surface area contributed by atoms with Crippen molar-refractivity contribution >= 4 is 16.0 Å². The van der Waals surface area contributed by atoms with Crippen molar-refractivity contribution < 1.29 is 17.9 Å². The van der Waals surface area contributed by atoms with Crippen LogP contribution in [0.5, 0.6) is 0 Å². The molecule has 0 N–H and O–H groups in total. The van der Waals surface area contributed by atoms with Crippen LogP contribution in [0.2, 0.25) is 0 Å². The van der Waals surface area contributed by atoms with Crippen molar-refractivity contribution in [3.8, 4) is 0 Å². The van der Waals surface area contributed by atoms with Gasteiger partial charge in [-0.2, -0.15) is 0 Å². The van der Waals surface area contributed by atoms with Crippen LogP contribution in [0, 0.1) is 0 Å². The molecule has 0 radical (unpaired) electrons. The SMILES string of the molecule is COC(=O)CCN(C)S(=O)(=O)C1CC1. The predicted molar refractivity (Wildman–Crippen MR) is 51.2 cm³/mol. The molecule has 82 valence electrons. The fourth-order valence-corrected chi connectivity index (χ4v) is 2.68. The lowest BCUT2D eigenvalue weighted by Crippen LogP contribution is -2.32. The maximum atomic E-state index is 11.6. The summed E-state index contributed by atoms with van der Waals surface area (Å²) in [6, 6.07) is 0. The van der Waals surface area contributed by atoms with E-state index in [2.05, 4.69) is 4.74 Å². The van der Waals surface area contributed by atoms with Crippen molar-refractivity contribution in [2.24, 2.45) is 0 Å². The molecule has 14 heavy (non-hydrogen) atoms. The molecule has 0 bridgehead atoms. The molecule has 1 rings (SSSR count). The van der Waals surface area contributed by atoms with E-state index < -0.39 is 10.0 Å². The molecule has 0 atom stereocenters. The molecule has 1 saturated carbocycles. The van der Waals surface area contributed by atoms with Gasteiger partial charge in [0.15, 0.2) is 0 Å². The van der Waals surface area contributed by atoms with Gasteiger partial charge in [0.1, 0.15) is 0 Å². The Balaban J connectivity index is 2.41. The normalized spacial score (nSPS) is 17.1. The van der Waals surface area contributed by atoms with Gasteiger partial charge in [0.05, 0.1) is 18.8 Å². The highest BCUT2D eigenvalue weighted by atomic mass is 32.2. The summed E-state index contributed by atoms with van der Waals surface area (Å²) in [7, 11) is -0.358. The number of methoxy groups -OCH3 is 1. The summed E-state index contributed by atoms with van der Waals surface area (Å²) in [6.45, 7) is 0.200. The van der Waals surface area contributed by atoms with Gasteiger partial charge in [-0.25, -0.2) is 12.7 Å². The maximum Gasteiger partial charge on any atom is 0.306 e. The highest BCUT2D eigenvalue weighted by Gasteiger charge is 2.38. The quantitative estimate of drug-likeness (QED) is 0.612. The van der Waals surface area contributed by atoms with Crippen LogP contribution in [0.1, 0.15) is 19.3 Å². The molecule has 0 aliphatic heterocycles. The van der Waals surface area contributed by atoms with E-state index in [-0.39, 0.29) is 24.2 Å². The molecule has 0 spiro atoms. The van der Waals surface area contributed by atoms with Gasteiger partial charge < -0.3 is 4.74 Å². The van der Waals surface area contributed by atoms with Crippen molar-refractivity contribution in [3.05, 3.63) is 0 Å². The number of rotatable bonds is 5. The van der Waals surface area contributed by atoms with E-state index in [0.29, 0.717) is 0 Å². The van der Waals surface area contributed by atoms with Gasteiger partial charge in [-0.05, 0) is 12.8 Å². The second-order valence-electron chi connectivity index (χ2n) is 3.39. The lowest BCUT2D eigenvalue weighted by molar-refractivity contribution is -0.140. The molecular weight excluding hydrogens is 206 g/mol. The maximum absolute atomic E-state index is 11.6. The molecule has 0 aromatic heterocycles. The van der Waals surface area contributed by atoms with Crippen molar-refractivity contribution in [1.29, 1.82) is 0 Å². The molecule has 0 amide bonds. The van der Waals surface area contributed by atoms with Gasteiger partial charge in [0, 0.05) is 13.6 Å². The van der Waals surface area contributed by atoms with Crippen LogP contribution in [0.15, 0.2) is 0 Å². The summed E-state index contributed by atoms with van der Waals surface area (Å²) in [5.74, 6) is -0.386. The van der Waals surface area contributed by atoms with Gasteiger partial charge in [0.2, 0.25) is 10.0 Å². The topological polar surface area (TPSA) is 63.7 Å². The highest BCUT2D eigenvalue weighted by molar-refractivity contribution is 7.90. The average Bonchev–Trinajstić information content (AvgIpc) is 2.96. The first kappa shape index (κ1) is 11.5. The van der Waals surface area contributed by atoms with Crippen LogP contribution in [0.25, 0.3) is 0 Å². The minimum atomic E-state index is -3.14. The van der Waals surface area contributed by atoms with Crippen molar-refractivity contribution in [3.63, 3.8) is 0 Å². The minimum absolute atomic E-state index is 0.110. The molecule has 0 unspecified atom stereocenters. The number of carbonyl (C=O) groups excluding carboxylic acids is 1. The molecule has 5 nitrogen and oxygen atoms in total. The van der Waals surface area contributed by atoms with Gasteiger partial charge in [-0.3, -0.25) is 4.79 Å². The van der Waals surface area contributed by atoms with E-state index in [4.69, 9.17) is 0 Å². The third-order valence-electron chi connectivity index (χ3n) is 2.24. The van der Waals surface area contributed by atoms with Crippen LogP contribution in [-0.4, -0.2) is 44.6 Å². The molecule has 1 fully saturated rings. The number of nitrogens with zero attached hydrogens (tertiary/aromatic N) is 1. The van der Waals surface area contributed by atoms with E-state index in [0.717, 1.165) is 12.8 Å². The molecule has 1 aliphatic carbocycles. The van der Waals surface area contributed by atoms with Crippen LogP contribution in [0.3, 0.4) is 0 Å². The van der Waals surface area contributed by atoms with Gasteiger partial charge >= 0.3 is 5.97 Å². The Labute approximate surface area is 84.1 Å². The Morgan fingerprint density at radius 1 is 1.50 bits per heavy atom. The fraction of sp³-hybridized carbons (Fsp3) is 0.875. The van der Waals surface area contributed by atoms with E-state index in [1.54, 1.807) is 0 Å². The number of sulfonamides is 1. The zero-order chi connectivity index (χ0) is 10.8. The molecule has 1 aliphatic rings. The first-order chi connectivity index (χ1) is 6.48. The Morgan fingerprint density at radius 2 is 2.07 bits per heavy atom. The lowest BCUT2D eigenvalue weighted by Gasteiger charge is -2.15. The van der Waals surface area contributed by atoms with E-state index in [1.807, 2.05) is 0 Å². The summed E-state index contributed by atoms with van der Waals surface area (Å²) in [6.07, 6.45) is 1.59. The molecular formula is C8H15NO4S. The van der Waals surface area contributed by atoms with Gasteiger partial charge in [-0.15, -0.1) is 0 Å². The standard InChI is InChI=1S/C8H15NO4S/c1-9(6-5-8(10)13-2)14(11,12)7-3-4-7/h7H,3-6H2,1-2H3. The Hall–Kier alpha value is -0.620. The third kappa shape index (κ3) is 2.68. The van der Waals surface area contributed by atoms with Crippen LogP contribution in [0.4, 0.5) is 0 Å². The highest BCUT2D eigenvalue weighted by Crippen LogP contribution is 2.30. The lowest BCUT2D eigenvalue weighted by atomic mass is 10.4. The summed E-state index contributed by atoms with van der Waals surface area (Å²) < 4.78 is 28.8. The molecule has 0 saturated heterocycles. The largest absolute Gasteiger partial charge is 0.469 e. The molecule has 6 heteroatoms. The minimum Gasteiger partial charge on any atom is -0.469 e. The van der Waals surface area contributed by atoms with E-state index in [1.165, 1.54) is 18.5 Å². The predicted octanol–water partition coefficient (Wildman–Crippen LogP) is -0.0265. The van der Waals surface area contributed by atoms with Gasteiger partial charge in [-0.1, -0.05) is 0 Å². The van der Waals surface area contributed by atoms with E-state index >= 15 is 0 Å². The first-order valence-electron chi connectivity index (χ1n) is 4.50. The smallest absolute Gasteiger partial charge is 0.306 e. The van der Waals surface area contributed by atoms with Crippen molar-refractivity contribution in [1.82, 2.24) is 4.31 Å². The second-order valence-corrected chi connectivity index (χ2v) is 5.71. The zero-order valence-electron chi connectivity index (χ0n) is 8.39. The third-order valence-corrected chi connectivity index (χ3v) is 4.60. The molecule has 0 aromatic carbocycles. The van der Waals surface area contributed by atoms with Crippen molar-refractivity contribution in [2.75, 3.05) is 20.7 Å². The van der Waals surface area contributed by atoms with E-state index in [9.17, 15) is 13.2 Å². The number of carbonyl (C=O) groups is 1. The Morgan fingerprint density at radius 3 is 2.50 bits per heavy atom. The van der Waals surface area contributed by atoms with Crippen LogP contribution in [-0.2, 0) is 19.6 Å². The number of esters is 1. The summed E-state index contributed by atoms with van der Waals surface area (Å²) in [4.78, 5) is 10.8. The number of ether oxygens (including phenoxy) is 1. The number of hydrogen-bond acceptors (Lipinski definition) is 4. The fourth-order valence-electron chi connectivity index (χ4n) is 1.10. The first-order valence-corrected chi connectivity index (χ1v) is 6.00. The van der Waals surface area contributed by atoms with Crippen LogP contribution >= 0.6 is 0 Å². The van der Waals surface area contributed by atoms with Gasteiger partial charge in [0.25, 0.3) is 0 Å². The summed E-state index contributed by atoms with van der Waals surface area (Å²) >= 11 is 0. The summed E-state index contributed by atoms with van der Waals surface area (Å²) in [5.41, 5.74) is 0.